The zero-order chi connectivity index (χ0) is 21.2. The number of ether oxygens (including phenoxy) is 1. The molecular weight excluding hydrogens is 454 g/mol. The number of rotatable bonds is 5. The van der Waals surface area contributed by atoms with Crippen LogP contribution >= 0.6 is 15.9 Å². The second-order valence-corrected chi connectivity index (χ2v) is 7.99. The fourth-order valence-corrected chi connectivity index (χ4v) is 4.02. The van der Waals surface area contributed by atoms with Gasteiger partial charge in [0, 0.05) is 10.7 Å². The number of aromatic amines is 1. The largest absolute Gasteiger partial charge is 0.463 e. The summed E-state index contributed by atoms with van der Waals surface area (Å²) in [5.41, 5.74) is 3.82. The van der Waals surface area contributed by atoms with E-state index in [9.17, 15) is 4.79 Å². The third-order valence-corrected chi connectivity index (χ3v) is 5.56. The van der Waals surface area contributed by atoms with Crippen molar-refractivity contribution in [1.82, 2.24) is 14.5 Å². The Morgan fingerprint density at radius 1 is 0.871 bits per heavy atom. The quantitative estimate of drug-likeness (QED) is 0.360. The molecule has 0 aliphatic heterocycles. The van der Waals surface area contributed by atoms with Gasteiger partial charge in [-0.3, -0.25) is 4.57 Å². The third kappa shape index (κ3) is 3.78. The van der Waals surface area contributed by atoms with Crippen LogP contribution in [0.5, 0.6) is 5.88 Å². The van der Waals surface area contributed by atoms with E-state index in [-0.39, 0.29) is 11.8 Å². The summed E-state index contributed by atoms with van der Waals surface area (Å²) in [5.74, 6) is 0.381. The molecule has 0 saturated carbocycles. The highest BCUT2D eigenvalue weighted by molar-refractivity contribution is 9.10. The molecule has 31 heavy (non-hydrogen) atoms. The first-order valence-electron chi connectivity index (χ1n) is 9.83. The van der Waals surface area contributed by atoms with Gasteiger partial charge < -0.3 is 9.72 Å². The van der Waals surface area contributed by atoms with Crippen LogP contribution in [0.1, 0.15) is 17.2 Å². The molecule has 5 rings (SSSR count). The number of halogens is 1. The maximum absolute atomic E-state index is 12.8. The van der Waals surface area contributed by atoms with Gasteiger partial charge in [-0.25, -0.2) is 9.78 Å². The van der Waals surface area contributed by atoms with E-state index < -0.39 is 0 Å². The highest BCUT2D eigenvalue weighted by Crippen LogP contribution is 2.31. The van der Waals surface area contributed by atoms with Crippen LogP contribution in [0.15, 0.2) is 106 Å². The Hall–Kier alpha value is -3.64. The van der Waals surface area contributed by atoms with Gasteiger partial charge in [-0.1, -0.05) is 76.6 Å². The molecule has 0 unspecified atom stereocenters. The molecule has 0 aliphatic rings. The molecule has 5 nitrogen and oxygen atoms in total. The number of benzene rings is 3. The van der Waals surface area contributed by atoms with E-state index in [1.807, 2.05) is 84.9 Å². The molecule has 0 aliphatic carbocycles. The van der Waals surface area contributed by atoms with Gasteiger partial charge in [-0.15, -0.1) is 0 Å². The second-order valence-electron chi connectivity index (χ2n) is 7.07. The average Bonchev–Trinajstić information content (AvgIpc) is 3.13. The van der Waals surface area contributed by atoms with Gasteiger partial charge in [-0.2, -0.15) is 0 Å². The van der Waals surface area contributed by atoms with Gasteiger partial charge in [0.15, 0.2) is 6.10 Å². The number of nitrogens with zero attached hydrogens (tertiary/aromatic N) is 2. The van der Waals surface area contributed by atoms with Crippen molar-refractivity contribution in [3.63, 3.8) is 0 Å². The number of hydrogen-bond acceptors (Lipinski definition) is 3. The molecule has 0 bridgehead atoms. The summed E-state index contributed by atoms with van der Waals surface area (Å²) in [7, 11) is 0. The Labute approximate surface area is 187 Å². The number of aromatic nitrogens is 3. The Kier molecular flexibility index (Phi) is 5.14. The Morgan fingerprint density at radius 3 is 2.23 bits per heavy atom. The fourth-order valence-electron chi connectivity index (χ4n) is 3.66. The maximum Gasteiger partial charge on any atom is 0.331 e. The molecule has 0 atom stereocenters. The highest BCUT2D eigenvalue weighted by Gasteiger charge is 2.20. The van der Waals surface area contributed by atoms with E-state index >= 15 is 0 Å². The van der Waals surface area contributed by atoms with Crippen LogP contribution in [0.25, 0.3) is 16.7 Å². The summed E-state index contributed by atoms with van der Waals surface area (Å²) >= 11 is 3.45. The fraction of sp³-hybridized carbons (Fsp3) is 0.0400. The molecule has 0 fully saturated rings. The molecular formula is C25H18BrN3O2. The molecule has 2 heterocycles. The number of nitrogens with one attached hydrogen (secondary N) is 1. The van der Waals surface area contributed by atoms with Gasteiger partial charge in [-0.05, 0) is 41.5 Å². The van der Waals surface area contributed by atoms with Gasteiger partial charge in [0.2, 0.25) is 5.88 Å². The van der Waals surface area contributed by atoms with Gasteiger partial charge in [0.1, 0.15) is 5.69 Å². The molecule has 5 aromatic rings. The smallest absolute Gasteiger partial charge is 0.331 e. The number of fused-ring (bicyclic) bond motifs is 1. The molecule has 0 amide bonds. The molecule has 6 heteroatoms. The van der Waals surface area contributed by atoms with Crippen molar-refractivity contribution >= 4 is 27.0 Å². The van der Waals surface area contributed by atoms with Crippen LogP contribution in [-0.2, 0) is 0 Å². The summed E-state index contributed by atoms with van der Waals surface area (Å²) in [6, 6.07) is 29.3. The second kappa shape index (κ2) is 8.24. The van der Waals surface area contributed by atoms with E-state index in [4.69, 9.17) is 4.74 Å². The Morgan fingerprint density at radius 2 is 1.55 bits per heavy atom. The van der Waals surface area contributed by atoms with E-state index in [1.165, 1.54) is 0 Å². The van der Waals surface area contributed by atoms with Crippen LogP contribution in [0.2, 0.25) is 0 Å². The van der Waals surface area contributed by atoms with Crippen molar-refractivity contribution in [2.75, 3.05) is 0 Å². The maximum atomic E-state index is 12.8. The Balaban J connectivity index is 1.64. The molecule has 0 spiro atoms. The van der Waals surface area contributed by atoms with Gasteiger partial charge >= 0.3 is 5.69 Å². The zero-order valence-corrected chi connectivity index (χ0v) is 18.0. The predicted octanol–water partition coefficient (Wildman–Crippen LogP) is 5.64. The number of hydrogen-bond donors (Lipinski definition) is 1. The van der Waals surface area contributed by atoms with Crippen molar-refractivity contribution in [1.29, 1.82) is 0 Å². The molecule has 1 N–H and O–H groups in total. The van der Waals surface area contributed by atoms with E-state index in [0.29, 0.717) is 11.6 Å². The van der Waals surface area contributed by atoms with Crippen molar-refractivity contribution in [3.05, 3.63) is 123 Å². The van der Waals surface area contributed by atoms with Gasteiger partial charge in [0.05, 0.1) is 11.0 Å². The minimum absolute atomic E-state index is 0.248. The van der Waals surface area contributed by atoms with Crippen LogP contribution < -0.4 is 10.4 Å². The van der Waals surface area contributed by atoms with Crippen molar-refractivity contribution < 1.29 is 4.74 Å². The molecule has 2 aromatic heterocycles. The average molecular weight is 472 g/mol. The summed E-state index contributed by atoms with van der Waals surface area (Å²) in [6.45, 7) is 0. The van der Waals surface area contributed by atoms with Crippen LogP contribution in [0.4, 0.5) is 0 Å². The van der Waals surface area contributed by atoms with Crippen molar-refractivity contribution in [2.45, 2.75) is 6.10 Å². The number of H-pyrrole nitrogens is 1. The SMILES string of the molecule is O=c1[nH]c2cc(Br)ccc2n1-c1cccnc1OC(c1ccccc1)c1ccccc1. The standard InChI is InChI=1S/C25H18BrN3O2/c26-19-13-14-21-20(16-19)28-25(30)29(21)22-12-7-15-27-24(22)31-23(17-8-3-1-4-9-17)18-10-5-2-6-11-18/h1-16,23H,(H,28,30). The highest BCUT2D eigenvalue weighted by atomic mass is 79.9. The van der Waals surface area contributed by atoms with E-state index in [2.05, 4.69) is 25.9 Å². The summed E-state index contributed by atoms with van der Waals surface area (Å²) < 4.78 is 8.96. The van der Waals surface area contributed by atoms with Crippen molar-refractivity contribution in [3.8, 4) is 11.6 Å². The summed E-state index contributed by atoms with van der Waals surface area (Å²) in [4.78, 5) is 20.2. The molecule has 152 valence electrons. The predicted molar refractivity (Wildman–Crippen MR) is 125 cm³/mol. The van der Waals surface area contributed by atoms with E-state index in [0.717, 1.165) is 26.6 Å². The summed E-state index contributed by atoms with van der Waals surface area (Å²) in [5, 5.41) is 0. The van der Waals surface area contributed by atoms with Crippen LogP contribution in [0, 0.1) is 0 Å². The monoisotopic (exact) mass is 471 g/mol. The first-order valence-corrected chi connectivity index (χ1v) is 10.6. The minimum atomic E-state index is -0.369. The van der Waals surface area contributed by atoms with E-state index in [1.54, 1.807) is 16.8 Å². The zero-order valence-electron chi connectivity index (χ0n) is 16.4. The van der Waals surface area contributed by atoms with Crippen LogP contribution in [-0.4, -0.2) is 14.5 Å². The normalized spacial score (nSPS) is 11.2. The lowest BCUT2D eigenvalue weighted by Crippen LogP contribution is -2.18. The first kappa shape index (κ1) is 19.3. The third-order valence-electron chi connectivity index (χ3n) is 5.07. The lowest BCUT2D eigenvalue weighted by Gasteiger charge is -2.21. The van der Waals surface area contributed by atoms with Crippen LogP contribution in [0.3, 0.4) is 0 Å². The number of pyridine rings is 1. The Bertz CT molecular complexity index is 1360. The molecule has 0 saturated heterocycles. The molecule has 3 aromatic carbocycles. The lowest BCUT2D eigenvalue weighted by molar-refractivity contribution is 0.236. The lowest BCUT2D eigenvalue weighted by atomic mass is 10.0. The minimum Gasteiger partial charge on any atom is -0.463 e. The molecule has 0 radical (unpaired) electrons. The topological polar surface area (TPSA) is 59.9 Å². The first-order chi connectivity index (χ1) is 15.2. The van der Waals surface area contributed by atoms with Crippen molar-refractivity contribution in [2.24, 2.45) is 0 Å². The number of imidazole rings is 1. The van der Waals surface area contributed by atoms with Gasteiger partial charge in [0.25, 0.3) is 0 Å². The summed E-state index contributed by atoms with van der Waals surface area (Å²) in [6.07, 6.45) is 1.30.